The quantitative estimate of drug-likeness (QED) is 0.588. The van der Waals surface area contributed by atoms with Gasteiger partial charge in [0, 0.05) is 0 Å². The lowest BCUT2D eigenvalue weighted by atomic mass is 9.48. The summed E-state index contributed by atoms with van der Waals surface area (Å²) < 4.78 is 0. The zero-order chi connectivity index (χ0) is 16.8. The van der Waals surface area contributed by atoms with Gasteiger partial charge in [0.25, 0.3) is 0 Å². The molecule has 4 aliphatic rings. The lowest BCUT2D eigenvalue weighted by Crippen LogP contribution is -2.77. The van der Waals surface area contributed by atoms with Crippen molar-refractivity contribution in [2.24, 2.45) is 10.8 Å². The molecule has 0 N–H and O–H groups in total. The van der Waals surface area contributed by atoms with Gasteiger partial charge in [-0.3, -0.25) is 14.4 Å². The summed E-state index contributed by atoms with van der Waals surface area (Å²) in [6, 6.07) is 9.98. The molecule has 4 bridgehead atoms. The molecule has 1 aromatic carbocycles. The summed E-state index contributed by atoms with van der Waals surface area (Å²) in [4.78, 5) is 39.5. The van der Waals surface area contributed by atoms with Crippen LogP contribution in [-0.2, 0) is 14.4 Å². The van der Waals surface area contributed by atoms with Gasteiger partial charge in [0.2, 0.25) is 0 Å². The van der Waals surface area contributed by atoms with Gasteiger partial charge in [-0.1, -0.05) is 30.3 Å². The molecule has 2 heterocycles. The van der Waals surface area contributed by atoms with E-state index in [1.54, 1.807) is 13.8 Å². The van der Waals surface area contributed by atoms with E-state index < -0.39 is 29.1 Å². The molecule has 2 aliphatic carbocycles. The molecule has 4 heteroatoms. The average Bonchev–Trinajstić information content (AvgIpc) is 2.50. The van der Waals surface area contributed by atoms with E-state index in [1.807, 2.05) is 44.2 Å². The van der Waals surface area contributed by atoms with E-state index in [-0.39, 0.29) is 17.3 Å². The Balaban J connectivity index is 2.02. The fraction of sp³-hybridized carbons (Fsp3) is 0.526. The van der Waals surface area contributed by atoms with Crippen LogP contribution < -0.4 is 5.30 Å². The minimum absolute atomic E-state index is 0.0624. The Morgan fingerprint density at radius 1 is 0.739 bits per heavy atom. The summed E-state index contributed by atoms with van der Waals surface area (Å²) in [5.74, 6) is -0.0162. The third-order valence-electron chi connectivity index (χ3n) is 6.38. The van der Waals surface area contributed by atoms with Crippen LogP contribution in [0.1, 0.15) is 40.5 Å². The SMILES string of the molecule is CC12CC3(C)C(=O)C(C)(CC(C)(C1=O)P3c1ccccc1)C2=O. The van der Waals surface area contributed by atoms with Crippen LogP contribution in [0.25, 0.3) is 0 Å². The van der Waals surface area contributed by atoms with Crippen molar-refractivity contribution < 1.29 is 14.4 Å². The van der Waals surface area contributed by atoms with Crippen molar-refractivity contribution in [1.29, 1.82) is 0 Å². The summed E-state index contributed by atoms with van der Waals surface area (Å²) >= 11 is 0. The Bertz CT molecular complexity index is 728. The first-order valence-corrected chi connectivity index (χ1v) is 9.45. The molecule has 2 saturated carbocycles. The second kappa shape index (κ2) is 4.00. The molecule has 2 aliphatic heterocycles. The number of hydrogen-bond donors (Lipinski definition) is 0. The first-order valence-electron chi connectivity index (χ1n) is 8.11. The third kappa shape index (κ3) is 1.44. The van der Waals surface area contributed by atoms with Gasteiger partial charge in [0.15, 0.2) is 17.3 Å². The highest BCUT2D eigenvalue weighted by Crippen LogP contribution is 2.78. The van der Waals surface area contributed by atoms with Crippen LogP contribution in [0, 0.1) is 10.8 Å². The van der Waals surface area contributed by atoms with Crippen molar-refractivity contribution in [3.63, 3.8) is 0 Å². The van der Waals surface area contributed by atoms with Crippen molar-refractivity contribution in [2.45, 2.75) is 50.8 Å². The van der Waals surface area contributed by atoms with Crippen LogP contribution in [0.15, 0.2) is 30.3 Å². The molecule has 0 spiro atoms. The second-order valence-electron chi connectivity index (χ2n) is 8.22. The molecule has 120 valence electrons. The maximum absolute atomic E-state index is 13.3. The molecule has 0 aromatic heterocycles. The Kier molecular flexibility index (Phi) is 2.65. The van der Waals surface area contributed by atoms with E-state index in [9.17, 15) is 14.4 Å². The van der Waals surface area contributed by atoms with Gasteiger partial charge in [0.05, 0.1) is 21.1 Å². The molecule has 4 fully saturated rings. The monoisotopic (exact) mass is 328 g/mol. The van der Waals surface area contributed by atoms with Crippen molar-refractivity contribution in [3.05, 3.63) is 30.3 Å². The highest BCUT2D eigenvalue weighted by Gasteiger charge is 2.79. The van der Waals surface area contributed by atoms with E-state index in [1.165, 1.54) is 0 Å². The minimum atomic E-state index is -0.988. The van der Waals surface area contributed by atoms with Gasteiger partial charge in [0.1, 0.15) is 0 Å². The summed E-state index contributed by atoms with van der Waals surface area (Å²) in [6.45, 7) is 7.55. The topological polar surface area (TPSA) is 51.2 Å². The van der Waals surface area contributed by atoms with Gasteiger partial charge < -0.3 is 0 Å². The van der Waals surface area contributed by atoms with E-state index in [4.69, 9.17) is 0 Å². The molecule has 0 amide bonds. The largest absolute Gasteiger partial charge is 0.298 e. The molecule has 3 nitrogen and oxygen atoms in total. The Morgan fingerprint density at radius 3 is 1.61 bits per heavy atom. The summed E-state index contributed by atoms with van der Waals surface area (Å²) in [7, 11) is -0.978. The average molecular weight is 328 g/mol. The Morgan fingerprint density at radius 2 is 1.17 bits per heavy atom. The molecular weight excluding hydrogens is 307 g/mol. The number of Topliss-reactive ketones (excluding diaryl/α,β-unsaturated/α-hetero) is 3. The number of benzene rings is 1. The van der Waals surface area contributed by atoms with Crippen molar-refractivity contribution in [3.8, 4) is 0 Å². The Hall–Kier alpha value is -1.34. The molecule has 2 saturated heterocycles. The first-order chi connectivity index (χ1) is 10.6. The van der Waals surface area contributed by atoms with Gasteiger partial charge in [-0.25, -0.2) is 0 Å². The van der Waals surface area contributed by atoms with E-state index in [2.05, 4.69) is 0 Å². The van der Waals surface area contributed by atoms with Gasteiger partial charge in [-0.2, -0.15) is 0 Å². The predicted octanol–water partition coefficient (Wildman–Crippen LogP) is 2.85. The van der Waals surface area contributed by atoms with E-state index >= 15 is 0 Å². The highest BCUT2D eigenvalue weighted by molar-refractivity contribution is 7.71. The molecular formula is C19H21O3P. The van der Waals surface area contributed by atoms with E-state index in [0.29, 0.717) is 12.8 Å². The van der Waals surface area contributed by atoms with E-state index in [0.717, 1.165) is 5.30 Å². The molecule has 4 atom stereocenters. The first kappa shape index (κ1) is 15.2. The minimum Gasteiger partial charge on any atom is -0.298 e. The number of carbonyl (C=O) groups excluding carboxylic acids is 3. The van der Waals surface area contributed by atoms with Crippen LogP contribution in [0.3, 0.4) is 0 Å². The predicted molar refractivity (Wildman–Crippen MR) is 90.3 cm³/mol. The zero-order valence-electron chi connectivity index (χ0n) is 14.0. The summed E-state index contributed by atoms with van der Waals surface area (Å²) in [5, 5.41) is -0.0723. The highest BCUT2D eigenvalue weighted by atomic mass is 31.1. The number of carbonyl (C=O) groups is 3. The van der Waals surface area contributed by atoms with Crippen LogP contribution in [-0.4, -0.2) is 27.7 Å². The molecule has 4 unspecified atom stereocenters. The number of ketones is 3. The normalized spacial score (nSPS) is 48.2. The van der Waals surface area contributed by atoms with Crippen molar-refractivity contribution in [1.82, 2.24) is 0 Å². The molecule has 5 rings (SSSR count). The van der Waals surface area contributed by atoms with Gasteiger partial charge >= 0.3 is 0 Å². The number of hydrogen-bond acceptors (Lipinski definition) is 3. The zero-order valence-corrected chi connectivity index (χ0v) is 14.9. The lowest BCUT2D eigenvalue weighted by molar-refractivity contribution is -0.167. The standard InChI is InChI=1S/C19H21O3P/c1-16-10-18(3)15(22)17(2,13(16)20)11-19(4,14(16)21)23(18)12-8-6-5-7-9-12/h5-9H,10-11H2,1-4H3. The molecule has 0 radical (unpaired) electrons. The Labute approximate surface area is 137 Å². The van der Waals surface area contributed by atoms with Crippen LogP contribution >= 0.6 is 7.92 Å². The summed E-state index contributed by atoms with van der Waals surface area (Å²) in [6.07, 6.45) is 0.755. The van der Waals surface area contributed by atoms with Crippen LogP contribution in [0.2, 0.25) is 0 Å². The third-order valence-corrected chi connectivity index (χ3v) is 9.89. The van der Waals surface area contributed by atoms with Crippen LogP contribution in [0.4, 0.5) is 0 Å². The number of rotatable bonds is 1. The van der Waals surface area contributed by atoms with Crippen molar-refractivity contribution in [2.75, 3.05) is 0 Å². The van der Waals surface area contributed by atoms with Gasteiger partial charge in [-0.05, 0) is 53.8 Å². The smallest absolute Gasteiger partial charge is 0.159 e. The van der Waals surface area contributed by atoms with Crippen molar-refractivity contribution >= 4 is 30.6 Å². The second-order valence-corrected chi connectivity index (χ2v) is 11.4. The molecule has 1 aromatic rings. The lowest BCUT2D eigenvalue weighted by Gasteiger charge is -2.68. The fourth-order valence-corrected chi connectivity index (χ4v) is 10.5. The fourth-order valence-electron chi connectivity index (χ4n) is 5.92. The summed E-state index contributed by atoms with van der Waals surface area (Å²) in [5.41, 5.74) is -1.98. The molecule has 23 heavy (non-hydrogen) atoms. The van der Waals surface area contributed by atoms with Crippen LogP contribution in [0.5, 0.6) is 0 Å². The van der Waals surface area contributed by atoms with Gasteiger partial charge in [-0.15, -0.1) is 0 Å². The maximum atomic E-state index is 13.3. The maximum Gasteiger partial charge on any atom is 0.159 e.